The first-order chi connectivity index (χ1) is 9.00. The third-order valence-corrected chi connectivity index (χ3v) is 4.67. The average Bonchev–Trinajstić information content (AvgIpc) is 2.67. The molecule has 0 aromatic carbocycles. The van der Waals surface area contributed by atoms with Crippen molar-refractivity contribution in [1.82, 2.24) is 14.7 Å². The van der Waals surface area contributed by atoms with Crippen molar-refractivity contribution in [1.29, 1.82) is 0 Å². The maximum Gasteiger partial charge on any atom is 0.0886 e. The van der Waals surface area contributed by atoms with Gasteiger partial charge >= 0.3 is 0 Å². The van der Waals surface area contributed by atoms with Gasteiger partial charge in [0.2, 0.25) is 0 Å². The zero-order chi connectivity index (χ0) is 14.0. The topological polar surface area (TPSA) is 56.3 Å². The number of hydrogen-bond acceptors (Lipinski definition) is 4. The first-order valence-corrected chi connectivity index (χ1v) is 7.46. The van der Waals surface area contributed by atoms with Gasteiger partial charge in [-0.2, -0.15) is 5.10 Å². The fourth-order valence-corrected chi connectivity index (χ4v) is 3.11. The van der Waals surface area contributed by atoms with E-state index in [0.717, 1.165) is 36.1 Å². The molecule has 108 valence electrons. The van der Waals surface area contributed by atoms with E-state index in [0.29, 0.717) is 0 Å². The predicted octanol–water partition coefficient (Wildman–Crippen LogP) is 1.78. The molecule has 2 rings (SSSR count). The van der Waals surface area contributed by atoms with Gasteiger partial charge in [-0.1, -0.05) is 0 Å². The van der Waals surface area contributed by atoms with Gasteiger partial charge in [-0.15, -0.1) is 0 Å². The summed E-state index contributed by atoms with van der Waals surface area (Å²) in [6.07, 6.45) is 5.06. The second-order valence-corrected chi connectivity index (χ2v) is 6.36. The van der Waals surface area contributed by atoms with Crippen LogP contribution in [0.1, 0.15) is 31.0 Å². The monoisotopic (exact) mass is 330 g/mol. The van der Waals surface area contributed by atoms with Gasteiger partial charge < -0.3 is 15.4 Å². The Bertz CT molecular complexity index is 423. The lowest BCUT2D eigenvalue weighted by molar-refractivity contribution is -0.0929. The van der Waals surface area contributed by atoms with Crippen LogP contribution in [0.25, 0.3) is 0 Å². The van der Waals surface area contributed by atoms with Crippen LogP contribution in [0.2, 0.25) is 0 Å². The van der Waals surface area contributed by atoms with E-state index in [1.54, 1.807) is 7.11 Å². The summed E-state index contributed by atoms with van der Waals surface area (Å²) in [6, 6.07) is -0.134. The summed E-state index contributed by atoms with van der Waals surface area (Å²) in [4.78, 5) is 2.14. The summed E-state index contributed by atoms with van der Waals surface area (Å²) in [5.41, 5.74) is 7.30. The second-order valence-electron chi connectivity index (χ2n) is 5.50. The van der Waals surface area contributed by atoms with Gasteiger partial charge in [-0.05, 0) is 49.3 Å². The number of likely N-dealkylation sites (N-methyl/N-ethyl adjacent to an activating group) is 1. The highest BCUT2D eigenvalue weighted by Gasteiger charge is 2.45. The van der Waals surface area contributed by atoms with Crippen LogP contribution < -0.4 is 5.73 Å². The average molecular weight is 331 g/mol. The fraction of sp³-hybridized carbons (Fsp3) is 0.769. The number of aromatic nitrogens is 2. The van der Waals surface area contributed by atoms with Crippen molar-refractivity contribution in [2.45, 2.75) is 37.5 Å². The van der Waals surface area contributed by atoms with Crippen LogP contribution in [0.15, 0.2) is 10.7 Å². The lowest BCUT2D eigenvalue weighted by Crippen LogP contribution is -2.49. The first kappa shape index (κ1) is 15.0. The van der Waals surface area contributed by atoms with E-state index in [1.807, 2.05) is 10.9 Å². The van der Waals surface area contributed by atoms with Crippen molar-refractivity contribution in [2.75, 3.05) is 27.7 Å². The smallest absolute Gasteiger partial charge is 0.0886 e. The third-order valence-electron chi connectivity index (χ3n) is 4.06. The minimum atomic E-state index is -0.210. The Morgan fingerprint density at radius 2 is 2.26 bits per heavy atom. The Labute approximate surface area is 123 Å². The molecule has 1 aromatic heterocycles. The van der Waals surface area contributed by atoms with Crippen LogP contribution >= 0.6 is 15.9 Å². The molecule has 0 aliphatic heterocycles. The van der Waals surface area contributed by atoms with Crippen LogP contribution in [-0.4, -0.2) is 48.0 Å². The lowest BCUT2D eigenvalue weighted by Gasteiger charge is -2.45. The summed E-state index contributed by atoms with van der Waals surface area (Å²) < 4.78 is 8.67. The summed E-state index contributed by atoms with van der Waals surface area (Å²) in [6.45, 7) is 1.77. The standard InChI is InChI=1S/C13H23BrN4O/c1-17(2)7-8-18-11(10(14)9-16-18)12(15)13(19-3)5-4-6-13/h9,12H,4-8,15H2,1-3H3. The summed E-state index contributed by atoms with van der Waals surface area (Å²) in [5.74, 6) is 0. The molecule has 1 saturated carbocycles. The van der Waals surface area contributed by atoms with Crippen LogP contribution in [0.4, 0.5) is 0 Å². The van der Waals surface area contributed by atoms with E-state index < -0.39 is 0 Å². The molecule has 6 heteroatoms. The SMILES string of the molecule is COC1(C(N)c2c(Br)cnn2CCN(C)C)CCC1. The molecule has 0 radical (unpaired) electrons. The molecule has 2 N–H and O–H groups in total. The highest BCUT2D eigenvalue weighted by molar-refractivity contribution is 9.10. The van der Waals surface area contributed by atoms with Crippen LogP contribution in [0.3, 0.4) is 0 Å². The Morgan fingerprint density at radius 3 is 2.74 bits per heavy atom. The van der Waals surface area contributed by atoms with Crippen molar-refractivity contribution in [3.05, 3.63) is 16.4 Å². The summed E-state index contributed by atoms with van der Waals surface area (Å²) in [7, 11) is 5.87. The number of halogens is 1. The Morgan fingerprint density at radius 1 is 1.58 bits per heavy atom. The number of nitrogens with zero attached hydrogens (tertiary/aromatic N) is 3. The molecule has 1 aliphatic carbocycles. The van der Waals surface area contributed by atoms with E-state index in [-0.39, 0.29) is 11.6 Å². The number of methoxy groups -OCH3 is 1. The van der Waals surface area contributed by atoms with Gasteiger partial charge in [0, 0.05) is 13.7 Å². The molecular weight excluding hydrogens is 308 g/mol. The molecule has 0 bridgehead atoms. The van der Waals surface area contributed by atoms with Gasteiger partial charge in [-0.25, -0.2) is 0 Å². The van der Waals surface area contributed by atoms with Crippen molar-refractivity contribution in [2.24, 2.45) is 5.73 Å². The van der Waals surface area contributed by atoms with Crippen molar-refractivity contribution in [3.63, 3.8) is 0 Å². The van der Waals surface area contributed by atoms with Crippen LogP contribution in [0, 0.1) is 0 Å². The molecule has 1 fully saturated rings. The molecule has 1 unspecified atom stereocenters. The number of nitrogens with two attached hydrogens (primary N) is 1. The normalized spacial score (nSPS) is 19.5. The summed E-state index contributed by atoms with van der Waals surface area (Å²) >= 11 is 3.57. The van der Waals surface area contributed by atoms with Crippen molar-refractivity contribution in [3.8, 4) is 0 Å². The Kier molecular flexibility index (Phi) is 4.66. The lowest BCUT2D eigenvalue weighted by atomic mass is 9.73. The zero-order valence-corrected chi connectivity index (χ0v) is 13.5. The van der Waals surface area contributed by atoms with Gasteiger partial charge in [0.1, 0.15) is 0 Å². The van der Waals surface area contributed by atoms with Crippen molar-refractivity contribution >= 4 is 15.9 Å². The molecule has 0 spiro atoms. The molecule has 1 aromatic rings. The highest BCUT2D eigenvalue weighted by Crippen LogP contribution is 2.44. The molecule has 1 atom stereocenters. The first-order valence-electron chi connectivity index (χ1n) is 6.67. The quantitative estimate of drug-likeness (QED) is 0.863. The highest BCUT2D eigenvalue weighted by atomic mass is 79.9. The Balaban J connectivity index is 2.20. The minimum absolute atomic E-state index is 0.134. The van der Waals surface area contributed by atoms with Gasteiger partial charge in [0.25, 0.3) is 0 Å². The largest absolute Gasteiger partial charge is 0.376 e. The molecule has 0 saturated heterocycles. The molecule has 19 heavy (non-hydrogen) atoms. The predicted molar refractivity (Wildman–Crippen MR) is 79.0 cm³/mol. The zero-order valence-electron chi connectivity index (χ0n) is 11.9. The fourth-order valence-electron chi connectivity index (χ4n) is 2.57. The molecule has 1 aliphatic rings. The number of ether oxygens (including phenoxy) is 1. The Hall–Kier alpha value is -0.430. The van der Waals surface area contributed by atoms with E-state index in [2.05, 4.69) is 40.0 Å². The maximum atomic E-state index is 6.47. The van der Waals surface area contributed by atoms with E-state index in [1.165, 1.54) is 6.42 Å². The summed E-state index contributed by atoms with van der Waals surface area (Å²) in [5, 5.41) is 4.42. The number of hydrogen-bond donors (Lipinski definition) is 1. The van der Waals surface area contributed by atoms with Crippen molar-refractivity contribution < 1.29 is 4.74 Å². The minimum Gasteiger partial charge on any atom is -0.376 e. The maximum absolute atomic E-state index is 6.47. The van der Waals surface area contributed by atoms with E-state index in [9.17, 15) is 0 Å². The number of rotatable bonds is 6. The second kappa shape index (κ2) is 5.91. The van der Waals surface area contributed by atoms with Gasteiger partial charge in [0.15, 0.2) is 0 Å². The molecular formula is C13H23BrN4O. The molecule has 0 amide bonds. The van der Waals surface area contributed by atoms with Crippen LogP contribution in [0.5, 0.6) is 0 Å². The van der Waals surface area contributed by atoms with E-state index in [4.69, 9.17) is 10.5 Å². The van der Waals surface area contributed by atoms with Crippen LogP contribution in [-0.2, 0) is 11.3 Å². The molecule has 1 heterocycles. The third kappa shape index (κ3) is 2.86. The van der Waals surface area contributed by atoms with E-state index >= 15 is 0 Å². The van der Waals surface area contributed by atoms with Gasteiger partial charge in [0.05, 0.1) is 34.6 Å². The van der Waals surface area contributed by atoms with Gasteiger partial charge in [-0.3, -0.25) is 4.68 Å². The molecule has 5 nitrogen and oxygen atoms in total.